The summed E-state index contributed by atoms with van der Waals surface area (Å²) in [5, 5.41) is 20.7. The first kappa shape index (κ1) is 18.3. The number of H-pyrrole nitrogens is 1. The minimum atomic E-state index is -0.163. The van der Waals surface area contributed by atoms with Crippen molar-refractivity contribution in [2.45, 2.75) is 44.4 Å². The van der Waals surface area contributed by atoms with Gasteiger partial charge in [-0.25, -0.2) is 0 Å². The Kier molecular flexibility index (Phi) is 4.77. The van der Waals surface area contributed by atoms with Crippen LogP contribution >= 0.6 is 0 Å². The first-order chi connectivity index (χ1) is 14.2. The summed E-state index contributed by atoms with van der Waals surface area (Å²) >= 11 is 0. The van der Waals surface area contributed by atoms with Gasteiger partial charge in [0.2, 0.25) is 0 Å². The molecule has 1 aliphatic carbocycles. The van der Waals surface area contributed by atoms with Crippen molar-refractivity contribution >= 4 is 16.8 Å². The molecule has 1 aliphatic heterocycles. The number of carbonyl (C=O) groups is 1. The fourth-order valence-corrected chi connectivity index (χ4v) is 3.92. The number of nitrogens with zero attached hydrogens (tertiary/aromatic N) is 3. The van der Waals surface area contributed by atoms with Gasteiger partial charge in [-0.1, -0.05) is 6.07 Å². The number of amides is 1. The van der Waals surface area contributed by atoms with Crippen LogP contribution in [0, 0.1) is 0 Å². The van der Waals surface area contributed by atoms with Gasteiger partial charge in [0.1, 0.15) is 0 Å². The standard InChI is InChI=1S/C22H25N5O2/c28-18-5-7-27(8-6-18)13-14-9-16(12-23-11-14)15-1-4-20-19(10-15)21(26-25-20)22(29)24-17-2-3-17/h1,4,9-12,17-18,28H,2-3,5-8,13H2,(H,24,29)(H,25,26). The minimum absolute atomic E-state index is 0.116. The molecule has 2 fully saturated rings. The van der Waals surface area contributed by atoms with Crippen LogP contribution in [0.15, 0.2) is 36.7 Å². The topological polar surface area (TPSA) is 94.1 Å². The molecule has 29 heavy (non-hydrogen) atoms. The SMILES string of the molecule is O=C(NC1CC1)c1n[nH]c2ccc(-c3cncc(CN4CCC(O)CC4)c3)cc12. The number of carbonyl (C=O) groups excluding carboxylic acids is 1. The number of aromatic nitrogens is 3. The number of piperidine rings is 1. The molecule has 3 aromatic rings. The highest BCUT2D eigenvalue weighted by Crippen LogP contribution is 2.27. The second-order valence-electron chi connectivity index (χ2n) is 8.17. The van der Waals surface area contributed by atoms with E-state index in [2.05, 4.69) is 31.5 Å². The van der Waals surface area contributed by atoms with Gasteiger partial charge < -0.3 is 10.4 Å². The summed E-state index contributed by atoms with van der Waals surface area (Å²) in [4.78, 5) is 19.3. The average Bonchev–Trinajstić information content (AvgIpc) is 3.44. The molecule has 7 nitrogen and oxygen atoms in total. The fourth-order valence-electron chi connectivity index (χ4n) is 3.92. The van der Waals surface area contributed by atoms with Gasteiger partial charge in [0.05, 0.1) is 11.6 Å². The molecule has 1 saturated heterocycles. The van der Waals surface area contributed by atoms with Crippen LogP contribution in [-0.4, -0.2) is 56.3 Å². The molecule has 1 amide bonds. The number of benzene rings is 1. The van der Waals surface area contributed by atoms with Gasteiger partial charge >= 0.3 is 0 Å². The van der Waals surface area contributed by atoms with Crippen molar-refractivity contribution in [1.82, 2.24) is 25.4 Å². The van der Waals surface area contributed by atoms with Crippen LogP contribution in [0.4, 0.5) is 0 Å². The van der Waals surface area contributed by atoms with Gasteiger partial charge in [-0.3, -0.25) is 19.8 Å². The minimum Gasteiger partial charge on any atom is -0.393 e. The van der Waals surface area contributed by atoms with E-state index >= 15 is 0 Å². The van der Waals surface area contributed by atoms with Crippen molar-refractivity contribution in [3.8, 4) is 11.1 Å². The van der Waals surface area contributed by atoms with E-state index in [0.29, 0.717) is 11.7 Å². The zero-order chi connectivity index (χ0) is 19.8. The molecular weight excluding hydrogens is 366 g/mol. The van der Waals surface area contributed by atoms with Gasteiger partial charge in [0.25, 0.3) is 5.91 Å². The maximum Gasteiger partial charge on any atom is 0.272 e. The monoisotopic (exact) mass is 391 g/mol. The van der Waals surface area contributed by atoms with E-state index in [0.717, 1.165) is 72.9 Å². The van der Waals surface area contributed by atoms with Crippen molar-refractivity contribution < 1.29 is 9.90 Å². The van der Waals surface area contributed by atoms with E-state index in [1.54, 1.807) is 0 Å². The van der Waals surface area contributed by atoms with E-state index in [1.165, 1.54) is 0 Å². The number of pyridine rings is 1. The molecule has 2 aliphatic rings. The van der Waals surface area contributed by atoms with Gasteiger partial charge in [0.15, 0.2) is 5.69 Å². The molecular formula is C22H25N5O2. The number of likely N-dealkylation sites (tertiary alicyclic amines) is 1. The van der Waals surface area contributed by atoms with Crippen molar-refractivity contribution in [3.63, 3.8) is 0 Å². The van der Waals surface area contributed by atoms with Crippen LogP contribution in [0.3, 0.4) is 0 Å². The lowest BCUT2D eigenvalue weighted by atomic mass is 10.0. The molecule has 150 valence electrons. The molecule has 5 rings (SSSR count). The predicted octanol–water partition coefficient (Wildman–Crippen LogP) is 2.47. The molecule has 0 atom stereocenters. The first-order valence-electron chi connectivity index (χ1n) is 10.3. The molecule has 0 bridgehead atoms. The normalized spacial score (nSPS) is 18.2. The van der Waals surface area contributed by atoms with Crippen LogP contribution in [0.25, 0.3) is 22.0 Å². The maximum absolute atomic E-state index is 12.5. The predicted molar refractivity (Wildman–Crippen MR) is 110 cm³/mol. The second kappa shape index (κ2) is 7.57. The van der Waals surface area contributed by atoms with Gasteiger partial charge in [-0.15, -0.1) is 0 Å². The van der Waals surface area contributed by atoms with Gasteiger partial charge in [-0.2, -0.15) is 5.10 Å². The third-order valence-electron chi connectivity index (χ3n) is 5.78. The number of rotatable bonds is 5. The Balaban J connectivity index is 1.39. The summed E-state index contributed by atoms with van der Waals surface area (Å²) in [6.45, 7) is 2.65. The largest absolute Gasteiger partial charge is 0.393 e. The zero-order valence-corrected chi connectivity index (χ0v) is 16.3. The first-order valence-corrected chi connectivity index (χ1v) is 10.3. The van der Waals surface area contributed by atoms with Crippen molar-refractivity contribution in [2.24, 2.45) is 0 Å². The summed E-state index contributed by atoms with van der Waals surface area (Å²) in [6.07, 6.45) is 7.35. The highest BCUT2D eigenvalue weighted by Gasteiger charge is 2.26. The summed E-state index contributed by atoms with van der Waals surface area (Å²) in [7, 11) is 0. The molecule has 1 aromatic carbocycles. The molecule has 0 unspecified atom stereocenters. The van der Waals surface area contributed by atoms with E-state index < -0.39 is 0 Å². The van der Waals surface area contributed by atoms with Crippen LogP contribution in [0.5, 0.6) is 0 Å². The Morgan fingerprint density at radius 2 is 1.97 bits per heavy atom. The number of hydrogen-bond acceptors (Lipinski definition) is 5. The van der Waals surface area contributed by atoms with E-state index in [4.69, 9.17) is 0 Å². The Morgan fingerprint density at radius 1 is 1.14 bits per heavy atom. The van der Waals surface area contributed by atoms with Crippen LogP contribution in [0.2, 0.25) is 0 Å². The number of fused-ring (bicyclic) bond motifs is 1. The molecule has 0 radical (unpaired) electrons. The lowest BCUT2D eigenvalue weighted by Crippen LogP contribution is -2.35. The summed E-state index contributed by atoms with van der Waals surface area (Å²) < 4.78 is 0. The highest BCUT2D eigenvalue weighted by molar-refractivity contribution is 6.05. The molecule has 1 saturated carbocycles. The lowest BCUT2D eigenvalue weighted by Gasteiger charge is -2.29. The second-order valence-corrected chi connectivity index (χ2v) is 8.17. The van der Waals surface area contributed by atoms with Crippen LogP contribution in [0.1, 0.15) is 41.7 Å². The highest BCUT2D eigenvalue weighted by atomic mass is 16.3. The number of aliphatic hydroxyl groups excluding tert-OH is 1. The lowest BCUT2D eigenvalue weighted by molar-refractivity contribution is 0.0792. The number of aliphatic hydroxyl groups is 1. The molecule has 7 heteroatoms. The van der Waals surface area contributed by atoms with E-state index in [1.807, 2.05) is 30.6 Å². The Morgan fingerprint density at radius 3 is 2.76 bits per heavy atom. The molecule has 0 spiro atoms. The summed E-state index contributed by atoms with van der Waals surface area (Å²) in [6, 6.07) is 8.46. The Labute approximate surface area is 169 Å². The number of aromatic amines is 1. The van der Waals surface area contributed by atoms with E-state index in [-0.39, 0.29) is 12.0 Å². The Hall–Kier alpha value is -2.77. The number of hydrogen-bond donors (Lipinski definition) is 3. The van der Waals surface area contributed by atoms with E-state index in [9.17, 15) is 9.90 Å². The summed E-state index contributed by atoms with van der Waals surface area (Å²) in [5.41, 5.74) is 4.49. The molecule has 3 heterocycles. The quantitative estimate of drug-likeness (QED) is 0.621. The van der Waals surface area contributed by atoms with Crippen LogP contribution < -0.4 is 5.32 Å². The van der Waals surface area contributed by atoms with Crippen molar-refractivity contribution in [2.75, 3.05) is 13.1 Å². The van der Waals surface area contributed by atoms with Crippen molar-refractivity contribution in [1.29, 1.82) is 0 Å². The maximum atomic E-state index is 12.5. The van der Waals surface area contributed by atoms with Crippen molar-refractivity contribution in [3.05, 3.63) is 47.9 Å². The van der Waals surface area contributed by atoms with Gasteiger partial charge in [0, 0.05) is 49.0 Å². The summed E-state index contributed by atoms with van der Waals surface area (Å²) in [5.74, 6) is -0.116. The Bertz CT molecular complexity index is 1030. The van der Waals surface area contributed by atoms with Gasteiger partial charge in [-0.05, 0) is 55.0 Å². The average molecular weight is 391 g/mol. The third kappa shape index (κ3) is 4.02. The zero-order valence-electron chi connectivity index (χ0n) is 16.3. The van der Waals surface area contributed by atoms with Crippen LogP contribution in [-0.2, 0) is 6.54 Å². The smallest absolute Gasteiger partial charge is 0.272 e. The fraction of sp³-hybridized carbons (Fsp3) is 0.409. The molecule has 3 N–H and O–H groups in total. The molecule has 2 aromatic heterocycles. The number of nitrogens with one attached hydrogen (secondary N) is 2. The third-order valence-corrected chi connectivity index (χ3v) is 5.78.